The zero-order valence-electron chi connectivity index (χ0n) is 7.38. The number of nitrogens with two attached hydrogens (primary N) is 2. The number of nitrogen functional groups attached to an aromatic ring is 1. The van der Waals surface area contributed by atoms with Gasteiger partial charge >= 0.3 is 6.18 Å². The van der Waals surface area contributed by atoms with E-state index in [2.05, 4.69) is 5.73 Å². The van der Waals surface area contributed by atoms with Gasteiger partial charge in [0, 0.05) is 5.69 Å². The van der Waals surface area contributed by atoms with Gasteiger partial charge < -0.3 is 11.5 Å². The van der Waals surface area contributed by atoms with Crippen LogP contribution in [0, 0.1) is 5.82 Å². The van der Waals surface area contributed by atoms with E-state index >= 15 is 0 Å². The lowest BCUT2D eigenvalue weighted by atomic mass is 10.2. The Kier molecular flexibility index (Phi) is 4.56. The normalized spacial score (nSPS) is 10.1. The molecule has 0 unspecified atom stereocenters. The van der Waals surface area contributed by atoms with Crippen molar-refractivity contribution < 1.29 is 22.4 Å². The summed E-state index contributed by atoms with van der Waals surface area (Å²) in [6, 6.07) is 2.14. The number of amides is 1. The predicted molar refractivity (Wildman–Crippen MR) is 46.1 cm³/mol. The van der Waals surface area contributed by atoms with Crippen molar-refractivity contribution >= 4 is 12.1 Å². The van der Waals surface area contributed by atoms with Gasteiger partial charge in [0.05, 0.1) is 5.56 Å². The highest BCUT2D eigenvalue weighted by atomic mass is 19.4. The third-order valence-electron chi connectivity index (χ3n) is 1.32. The first-order valence-corrected chi connectivity index (χ1v) is 3.60. The van der Waals surface area contributed by atoms with E-state index < -0.39 is 23.2 Å². The Morgan fingerprint density at radius 1 is 1.27 bits per heavy atom. The van der Waals surface area contributed by atoms with E-state index in [4.69, 9.17) is 10.5 Å². The standard InChI is InChI=1S/C7H5F4N.CH3NO/c8-4-1-2-6(12)5(3-4)7(9,10)11;2-1-3/h1-3H,12H2;1H,(H2,2,3). The fraction of sp³-hybridized carbons (Fsp3) is 0.125. The fourth-order valence-electron chi connectivity index (χ4n) is 0.774. The Morgan fingerprint density at radius 3 is 2.07 bits per heavy atom. The van der Waals surface area contributed by atoms with Crippen molar-refractivity contribution in [3.8, 4) is 0 Å². The summed E-state index contributed by atoms with van der Waals surface area (Å²) in [5.41, 5.74) is 7.55. The van der Waals surface area contributed by atoms with E-state index in [0.717, 1.165) is 12.1 Å². The van der Waals surface area contributed by atoms with Crippen LogP contribution in [-0.4, -0.2) is 6.41 Å². The number of benzene rings is 1. The van der Waals surface area contributed by atoms with Gasteiger partial charge in [-0.3, -0.25) is 4.79 Å². The Labute approximate surface area is 82.7 Å². The van der Waals surface area contributed by atoms with Crippen LogP contribution in [0.5, 0.6) is 0 Å². The number of hydrogen-bond acceptors (Lipinski definition) is 2. The van der Waals surface area contributed by atoms with Gasteiger partial charge in [0.25, 0.3) is 0 Å². The van der Waals surface area contributed by atoms with Crippen LogP contribution in [0.1, 0.15) is 5.56 Å². The number of anilines is 1. The monoisotopic (exact) mass is 224 g/mol. The van der Waals surface area contributed by atoms with E-state index in [1.807, 2.05) is 0 Å². The molecule has 4 N–H and O–H groups in total. The number of alkyl halides is 3. The first-order chi connectivity index (χ1) is 6.82. The summed E-state index contributed by atoms with van der Waals surface area (Å²) in [4.78, 5) is 8.58. The molecule has 0 saturated carbocycles. The van der Waals surface area contributed by atoms with Crippen LogP contribution in [0.3, 0.4) is 0 Å². The van der Waals surface area contributed by atoms with Crippen molar-refractivity contribution in [1.29, 1.82) is 0 Å². The molecule has 0 atom stereocenters. The maximum absolute atomic E-state index is 12.3. The number of halogens is 4. The van der Waals surface area contributed by atoms with Crippen LogP contribution in [0.25, 0.3) is 0 Å². The molecule has 0 aromatic heterocycles. The molecule has 3 nitrogen and oxygen atoms in total. The summed E-state index contributed by atoms with van der Waals surface area (Å²) in [6.45, 7) is 0. The minimum Gasteiger partial charge on any atom is -0.398 e. The second-order valence-corrected chi connectivity index (χ2v) is 2.37. The molecule has 0 aliphatic heterocycles. The first-order valence-electron chi connectivity index (χ1n) is 3.60. The molecule has 0 bridgehead atoms. The van der Waals surface area contributed by atoms with Gasteiger partial charge in [-0.25, -0.2) is 4.39 Å². The number of hydrogen-bond donors (Lipinski definition) is 2. The van der Waals surface area contributed by atoms with E-state index in [0.29, 0.717) is 6.07 Å². The fourth-order valence-corrected chi connectivity index (χ4v) is 0.774. The van der Waals surface area contributed by atoms with Gasteiger partial charge in [-0.15, -0.1) is 0 Å². The summed E-state index contributed by atoms with van der Waals surface area (Å²) in [5.74, 6) is -0.948. The highest BCUT2D eigenvalue weighted by molar-refractivity contribution is 5.48. The van der Waals surface area contributed by atoms with Crippen LogP contribution in [-0.2, 0) is 11.0 Å². The van der Waals surface area contributed by atoms with E-state index in [1.165, 1.54) is 0 Å². The number of carbonyl (C=O) groups excluding carboxylic acids is 1. The molecule has 0 radical (unpaired) electrons. The van der Waals surface area contributed by atoms with Crippen LogP contribution >= 0.6 is 0 Å². The van der Waals surface area contributed by atoms with Crippen LogP contribution in [0.15, 0.2) is 18.2 Å². The van der Waals surface area contributed by atoms with E-state index in [-0.39, 0.29) is 6.41 Å². The van der Waals surface area contributed by atoms with Gasteiger partial charge in [-0.05, 0) is 18.2 Å². The maximum atomic E-state index is 12.3. The molecule has 7 heteroatoms. The average Bonchev–Trinajstić information content (AvgIpc) is 2.09. The molecule has 0 aliphatic rings. The first kappa shape index (κ1) is 13.2. The third kappa shape index (κ3) is 4.30. The number of carbonyl (C=O) groups is 1. The van der Waals surface area contributed by atoms with Gasteiger partial charge in [0.1, 0.15) is 5.82 Å². The maximum Gasteiger partial charge on any atom is 0.418 e. The quantitative estimate of drug-likeness (QED) is 0.398. The Balaban J connectivity index is 0.000000583. The van der Waals surface area contributed by atoms with E-state index in [9.17, 15) is 17.6 Å². The second kappa shape index (κ2) is 5.18. The summed E-state index contributed by atoms with van der Waals surface area (Å²) in [5, 5.41) is 0. The Bertz CT molecular complexity index is 338. The van der Waals surface area contributed by atoms with Gasteiger partial charge in [0.2, 0.25) is 6.41 Å². The third-order valence-corrected chi connectivity index (χ3v) is 1.32. The molecule has 0 fully saturated rings. The minimum absolute atomic E-state index is 0.250. The highest BCUT2D eigenvalue weighted by Crippen LogP contribution is 2.33. The largest absolute Gasteiger partial charge is 0.418 e. The summed E-state index contributed by atoms with van der Waals surface area (Å²) in [7, 11) is 0. The van der Waals surface area contributed by atoms with Crippen LogP contribution in [0.4, 0.5) is 23.2 Å². The molecular weight excluding hydrogens is 216 g/mol. The molecule has 15 heavy (non-hydrogen) atoms. The zero-order valence-corrected chi connectivity index (χ0v) is 7.38. The molecule has 1 rings (SSSR count). The van der Waals surface area contributed by atoms with E-state index in [1.54, 1.807) is 0 Å². The molecule has 1 aromatic carbocycles. The second-order valence-electron chi connectivity index (χ2n) is 2.37. The Morgan fingerprint density at radius 2 is 1.73 bits per heavy atom. The van der Waals surface area contributed by atoms with Crippen LogP contribution < -0.4 is 11.5 Å². The van der Waals surface area contributed by atoms with Gasteiger partial charge in [-0.2, -0.15) is 13.2 Å². The lowest BCUT2D eigenvalue weighted by Gasteiger charge is -2.08. The van der Waals surface area contributed by atoms with Crippen molar-refractivity contribution in [2.45, 2.75) is 6.18 Å². The smallest absolute Gasteiger partial charge is 0.398 e. The molecule has 1 aromatic rings. The molecule has 0 heterocycles. The van der Waals surface area contributed by atoms with Crippen molar-refractivity contribution in [2.75, 3.05) is 5.73 Å². The summed E-state index contributed by atoms with van der Waals surface area (Å²) in [6.07, 6.45) is -4.34. The molecule has 0 spiro atoms. The number of rotatable bonds is 0. The predicted octanol–water partition coefficient (Wildman–Crippen LogP) is 1.53. The topological polar surface area (TPSA) is 69.1 Å². The zero-order chi connectivity index (χ0) is 12.1. The van der Waals surface area contributed by atoms with Crippen molar-refractivity contribution in [3.05, 3.63) is 29.6 Å². The molecular formula is C8H8F4N2O. The molecule has 1 amide bonds. The minimum atomic E-state index is -4.59. The van der Waals surface area contributed by atoms with Crippen molar-refractivity contribution in [3.63, 3.8) is 0 Å². The summed E-state index contributed by atoms with van der Waals surface area (Å²) < 4.78 is 48.3. The molecule has 0 aliphatic carbocycles. The number of primary amides is 1. The van der Waals surface area contributed by atoms with Crippen molar-refractivity contribution in [1.82, 2.24) is 0 Å². The van der Waals surface area contributed by atoms with Crippen molar-refractivity contribution in [2.24, 2.45) is 5.73 Å². The van der Waals surface area contributed by atoms with Crippen LogP contribution in [0.2, 0.25) is 0 Å². The highest BCUT2D eigenvalue weighted by Gasteiger charge is 2.33. The molecule has 84 valence electrons. The van der Waals surface area contributed by atoms with Gasteiger partial charge in [-0.1, -0.05) is 0 Å². The summed E-state index contributed by atoms with van der Waals surface area (Å²) >= 11 is 0. The SMILES string of the molecule is NC=O.Nc1ccc(F)cc1C(F)(F)F. The lowest BCUT2D eigenvalue weighted by Crippen LogP contribution is -2.09. The molecule has 0 saturated heterocycles. The lowest BCUT2D eigenvalue weighted by molar-refractivity contribution is -0.137. The average molecular weight is 224 g/mol. The Hall–Kier alpha value is -1.79. The van der Waals surface area contributed by atoms with Gasteiger partial charge in [0.15, 0.2) is 0 Å².